The molecule has 0 unspecified atom stereocenters. The number of amides is 3. The van der Waals surface area contributed by atoms with Gasteiger partial charge >= 0.3 is 0 Å². The first-order valence-corrected chi connectivity index (χ1v) is 10.2. The highest BCUT2D eigenvalue weighted by Gasteiger charge is 2.36. The van der Waals surface area contributed by atoms with E-state index in [0.717, 1.165) is 22.2 Å². The molecule has 1 fully saturated rings. The van der Waals surface area contributed by atoms with Crippen LogP contribution in [0.2, 0.25) is 5.02 Å². The summed E-state index contributed by atoms with van der Waals surface area (Å²) in [6, 6.07) is 12.3. The van der Waals surface area contributed by atoms with E-state index in [1.807, 2.05) is 13.0 Å². The minimum atomic E-state index is -0.526. The molecule has 1 heterocycles. The highest BCUT2D eigenvalue weighted by Crippen LogP contribution is 2.34. The highest BCUT2D eigenvalue weighted by atomic mass is 35.5. The van der Waals surface area contributed by atoms with Gasteiger partial charge in [0, 0.05) is 16.3 Å². The summed E-state index contributed by atoms with van der Waals surface area (Å²) in [6.07, 6.45) is 3.20. The second kappa shape index (κ2) is 9.65. The zero-order chi connectivity index (χ0) is 21.7. The van der Waals surface area contributed by atoms with Gasteiger partial charge in [0.1, 0.15) is 18.9 Å². The van der Waals surface area contributed by atoms with E-state index in [0.29, 0.717) is 28.6 Å². The number of carbonyl (C=O) groups excluding carboxylic acids is 3. The molecule has 0 aromatic heterocycles. The molecular formula is C22H19ClN2O4S. The topological polar surface area (TPSA) is 75.7 Å². The van der Waals surface area contributed by atoms with E-state index < -0.39 is 17.1 Å². The second-order valence-electron chi connectivity index (χ2n) is 6.41. The lowest BCUT2D eigenvalue weighted by atomic mass is 10.2. The summed E-state index contributed by atoms with van der Waals surface area (Å²) in [5, 5.41) is 2.66. The third kappa shape index (κ3) is 5.11. The number of anilines is 1. The van der Waals surface area contributed by atoms with Gasteiger partial charge in [-0.1, -0.05) is 48.5 Å². The normalized spacial score (nSPS) is 14.9. The quantitative estimate of drug-likeness (QED) is 0.488. The van der Waals surface area contributed by atoms with E-state index in [4.69, 9.17) is 16.3 Å². The summed E-state index contributed by atoms with van der Waals surface area (Å²) in [7, 11) is 0. The van der Waals surface area contributed by atoms with E-state index in [9.17, 15) is 14.4 Å². The van der Waals surface area contributed by atoms with Crippen molar-refractivity contribution in [3.8, 4) is 5.75 Å². The molecule has 0 spiro atoms. The number of rotatable bonds is 7. The first-order chi connectivity index (χ1) is 14.4. The molecule has 0 atom stereocenters. The maximum absolute atomic E-state index is 12.7. The van der Waals surface area contributed by atoms with Crippen LogP contribution in [0.3, 0.4) is 0 Å². The molecule has 0 aliphatic carbocycles. The minimum Gasteiger partial charge on any atom is -0.489 e. The molecule has 2 aromatic carbocycles. The van der Waals surface area contributed by atoms with Crippen LogP contribution in [0.4, 0.5) is 10.5 Å². The zero-order valence-electron chi connectivity index (χ0n) is 16.2. The van der Waals surface area contributed by atoms with E-state index in [1.165, 1.54) is 0 Å². The number of benzene rings is 2. The van der Waals surface area contributed by atoms with Gasteiger partial charge in [0.25, 0.3) is 11.1 Å². The van der Waals surface area contributed by atoms with Crippen LogP contribution in [0.25, 0.3) is 6.08 Å². The Kier molecular flexibility index (Phi) is 6.97. The van der Waals surface area contributed by atoms with E-state index in [-0.39, 0.29) is 11.4 Å². The van der Waals surface area contributed by atoms with Crippen LogP contribution >= 0.6 is 23.4 Å². The Morgan fingerprint density at radius 1 is 1.27 bits per heavy atom. The first kappa shape index (κ1) is 21.7. The van der Waals surface area contributed by atoms with Crippen molar-refractivity contribution in [1.82, 2.24) is 4.90 Å². The summed E-state index contributed by atoms with van der Waals surface area (Å²) in [4.78, 5) is 38.6. The lowest BCUT2D eigenvalue weighted by molar-refractivity contribution is -0.127. The number of para-hydroxylation sites is 1. The summed E-state index contributed by atoms with van der Waals surface area (Å²) >= 11 is 6.75. The number of aryl methyl sites for hydroxylation is 1. The average molecular weight is 443 g/mol. The molecule has 2 aromatic rings. The number of halogens is 1. The molecule has 0 saturated carbocycles. The van der Waals surface area contributed by atoms with Gasteiger partial charge in [-0.05, 0) is 48.5 Å². The molecule has 3 rings (SSSR count). The van der Waals surface area contributed by atoms with Crippen molar-refractivity contribution in [1.29, 1.82) is 0 Å². The Balaban J connectivity index is 1.73. The monoisotopic (exact) mass is 442 g/mol. The Morgan fingerprint density at radius 3 is 2.80 bits per heavy atom. The molecule has 8 heteroatoms. The maximum atomic E-state index is 12.7. The highest BCUT2D eigenvalue weighted by molar-refractivity contribution is 8.18. The summed E-state index contributed by atoms with van der Waals surface area (Å²) in [6.45, 7) is 5.36. The van der Waals surface area contributed by atoms with Gasteiger partial charge in [0.15, 0.2) is 0 Å². The van der Waals surface area contributed by atoms with Crippen LogP contribution in [-0.4, -0.2) is 35.1 Å². The molecule has 1 saturated heterocycles. The standard InChI is InChI=1S/C22H19ClN2O4S/c1-3-10-29-18-7-5-4-6-15(18)11-19-21(27)25(22(28)30-19)13-20(26)24-17-12-16(23)9-8-14(17)2/h3-9,11-12H,1,10,13H2,2H3,(H,24,26)/b19-11-. The van der Waals surface area contributed by atoms with Crippen LogP contribution in [0.15, 0.2) is 60.0 Å². The zero-order valence-corrected chi connectivity index (χ0v) is 17.8. The van der Waals surface area contributed by atoms with Crippen LogP contribution in [-0.2, 0) is 9.59 Å². The number of nitrogens with one attached hydrogen (secondary N) is 1. The van der Waals surface area contributed by atoms with Gasteiger partial charge in [0.2, 0.25) is 5.91 Å². The Morgan fingerprint density at radius 2 is 2.03 bits per heavy atom. The number of thioether (sulfide) groups is 1. The van der Waals surface area contributed by atoms with Gasteiger partial charge in [-0.2, -0.15) is 0 Å². The molecule has 154 valence electrons. The Labute approximate surface area is 183 Å². The SMILES string of the molecule is C=CCOc1ccccc1/C=C1\SC(=O)N(CC(=O)Nc2cc(Cl)ccc2C)C1=O. The maximum Gasteiger partial charge on any atom is 0.294 e. The van der Waals surface area contributed by atoms with Gasteiger partial charge in [-0.3, -0.25) is 19.3 Å². The van der Waals surface area contributed by atoms with Gasteiger partial charge < -0.3 is 10.1 Å². The van der Waals surface area contributed by atoms with Gasteiger partial charge in [-0.15, -0.1) is 0 Å². The van der Waals surface area contributed by atoms with Crippen molar-refractivity contribution in [3.05, 3.63) is 76.2 Å². The van der Waals surface area contributed by atoms with Crippen molar-refractivity contribution in [3.63, 3.8) is 0 Å². The number of imide groups is 1. The van der Waals surface area contributed by atoms with Crippen LogP contribution < -0.4 is 10.1 Å². The fraction of sp³-hybridized carbons (Fsp3) is 0.136. The third-order valence-electron chi connectivity index (χ3n) is 4.21. The molecule has 6 nitrogen and oxygen atoms in total. The molecule has 1 aliphatic heterocycles. The molecule has 3 amide bonds. The molecule has 30 heavy (non-hydrogen) atoms. The largest absolute Gasteiger partial charge is 0.489 e. The Hall–Kier alpha value is -3.03. The summed E-state index contributed by atoms with van der Waals surface area (Å²) in [5.74, 6) is -0.446. The summed E-state index contributed by atoms with van der Waals surface area (Å²) in [5.41, 5.74) is 2.00. The van der Waals surface area contributed by atoms with Crippen molar-refractivity contribution < 1.29 is 19.1 Å². The molecule has 1 aliphatic rings. The number of hydrogen-bond acceptors (Lipinski definition) is 5. The molecular weight excluding hydrogens is 424 g/mol. The van der Waals surface area contributed by atoms with Gasteiger partial charge in [-0.25, -0.2) is 0 Å². The predicted octanol–water partition coefficient (Wildman–Crippen LogP) is 4.89. The summed E-state index contributed by atoms with van der Waals surface area (Å²) < 4.78 is 5.58. The number of ether oxygens (including phenoxy) is 1. The van der Waals surface area contributed by atoms with Gasteiger partial charge in [0.05, 0.1) is 4.91 Å². The number of hydrogen-bond donors (Lipinski definition) is 1. The van der Waals surface area contributed by atoms with Crippen LogP contribution in [0.1, 0.15) is 11.1 Å². The van der Waals surface area contributed by atoms with Crippen LogP contribution in [0.5, 0.6) is 5.75 Å². The average Bonchev–Trinajstić information content (AvgIpc) is 2.97. The van der Waals surface area contributed by atoms with E-state index >= 15 is 0 Å². The minimum absolute atomic E-state index is 0.224. The van der Waals surface area contributed by atoms with Crippen molar-refractivity contribution in [2.45, 2.75) is 6.92 Å². The molecule has 0 bridgehead atoms. The van der Waals surface area contributed by atoms with Crippen LogP contribution in [0, 0.1) is 6.92 Å². The lowest BCUT2D eigenvalue weighted by Crippen LogP contribution is -2.36. The third-order valence-corrected chi connectivity index (χ3v) is 5.35. The number of nitrogens with zero attached hydrogens (tertiary/aromatic N) is 1. The van der Waals surface area contributed by atoms with E-state index in [1.54, 1.807) is 48.6 Å². The first-order valence-electron chi connectivity index (χ1n) is 9.03. The van der Waals surface area contributed by atoms with Crippen molar-refractivity contribution in [2.24, 2.45) is 0 Å². The molecule has 1 N–H and O–H groups in total. The van der Waals surface area contributed by atoms with Crippen molar-refractivity contribution in [2.75, 3.05) is 18.5 Å². The Bertz CT molecular complexity index is 1050. The second-order valence-corrected chi connectivity index (χ2v) is 7.84. The fourth-order valence-corrected chi connectivity index (χ4v) is 3.72. The van der Waals surface area contributed by atoms with E-state index in [2.05, 4.69) is 11.9 Å². The lowest BCUT2D eigenvalue weighted by Gasteiger charge is -2.14. The fourth-order valence-electron chi connectivity index (χ4n) is 2.72. The molecule has 0 radical (unpaired) electrons. The van der Waals surface area contributed by atoms with Crippen molar-refractivity contribution >= 4 is 52.2 Å². The smallest absolute Gasteiger partial charge is 0.294 e. The predicted molar refractivity (Wildman–Crippen MR) is 120 cm³/mol. The number of carbonyl (C=O) groups is 3.